The fourth-order valence-corrected chi connectivity index (χ4v) is 5.75. The first-order valence-corrected chi connectivity index (χ1v) is 12.0. The SMILES string of the molecule is COc1ccc(NS(=O)(=O)c2cc(CN3C(=O)C4CCCCC4C3=O)ccc2OC)cc1. The summed E-state index contributed by atoms with van der Waals surface area (Å²) in [5, 5.41) is 0. The van der Waals surface area contributed by atoms with E-state index in [1.807, 2.05) is 0 Å². The second-order valence-electron chi connectivity index (χ2n) is 8.08. The van der Waals surface area contributed by atoms with Crippen molar-refractivity contribution in [1.29, 1.82) is 0 Å². The summed E-state index contributed by atoms with van der Waals surface area (Å²) < 4.78 is 39.1. The maximum Gasteiger partial charge on any atom is 0.265 e. The molecular formula is C23H26N2O6S. The van der Waals surface area contributed by atoms with Gasteiger partial charge in [0.15, 0.2) is 0 Å². The second kappa shape index (κ2) is 8.82. The van der Waals surface area contributed by atoms with Crippen LogP contribution < -0.4 is 14.2 Å². The first-order valence-electron chi connectivity index (χ1n) is 10.5. The molecule has 1 saturated heterocycles. The molecule has 2 amide bonds. The molecule has 0 bridgehead atoms. The minimum Gasteiger partial charge on any atom is -0.497 e. The highest BCUT2D eigenvalue weighted by Gasteiger charge is 2.47. The van der Waals surface area contributed by atoms with Crippen molar-refractivity contribution in [3.05, 3.63) is 48.0 Å². The number of likely N-dealkylation sites (tertiary alicyclic amines) is 1. The van der Waals surface area contributed by atoms with Gasteiger partial charge in [0.1, 0.15) is 16.4 Å². The van der Waals surface area contributed by atoms with E-state index in [2.05, 4.69) is 4.72 Å². The molecule has 2 fully saturated rings. The Labute approximate surface area is 187 Å². The number of amides is 2. The number of fused-ring (bicyclic) bond motifs is 1. The third kappa shape index (κ3) is 4.17. The number of benzene rings is 2. The lowest BCUT2D eigenvalue weighted by Gasteiger charge is -2.19. The van der Waals surface area contributed by atoms with Crippen LogP contribution >= 0.6 is 0 Å². The number of carbonyl (C=O) groups excluding carboxylic acids is 2. The molecule has 1 aliphatic carbocycles. The highest BCUT2D eigenvalue weighted by Crippen LogP contribution is 2.39. The number of sulfonamides is 1. The van der Waals surface area contributed by atoms with Crippen molar-refractivity contribution in [3.8, 4) is 11.5 Å². The Hall–Kier alpha value is -3.07. The lowest BCUT2D eigenvalue weighted by atomic mass is 9.81. The molecule has 1 heterocycles. The topological polar surface area (TPSA) is 102 Å². The zero-order chi connectivity index (χ0) is 22.9. The molecule has 2 aliphatic rings. The second-order valence-corrected chi connectivity index (χ2v) is 9.73. The average Bonchev–Trinajstić information content (AvgIpc) is 3.04. The van der Waals surface area contributed by atoms with Gasteiger partial charge in [-0.2, -0.15) is 0 Å². The van der Waals surface area contributed by atoms with Gasteiger partial charge >= 0.3 is 0 Å². The minimum absolute atomic E-state index is 0.0414. The van der Waals surface area contributed by atoms with Crippen LogP contribution in [0.25, 0.3) is 0 Å². The van der Waals surface area contributed by atoms with E-state index in [4.69, 9.17) is 9.47 Å². The van der Waals surface area contributed by atoms with Crippen LogP contribution in [0.1, 0.15) is 31.2 Å². The van der Waals surface area contributed by atoms with Gasteiger partial charge in [-0.1, -0.05) is 18.9 Å². The molecule has 4 rings (SSSR count). The number of imide groups is 1. The molecule has 9 heteroatoms. The number of hydrogen-bond donors (Lipinski definition) is 1. The summed E-state index contributed by atoms with van der Waals surface area (Å²) in [6.45, 7) is 0.0414. The van der Waals surface area contributed by atoms with Gasteiger partial charge in [-0.3, -0.25) is 19.2 Å². The van der Waals surface area contributed by atoms with Crippen LogP contribution in [0.2, 0.25) is 0 Å². The Morgan fingerprint density at radius 2 is 1.56 bits per heavy atom. The molecule has 170 valence electrons. The van der Waals surface area contributed by atoms with Crippen molar-refractivity contribution in [2.24, 2.45) is 11.8 Å². The summed E-state index contributed by atoms with van der Waals surface area (Å²) in [6, 6.07) is 11.1. The van der Waals surface area contributed by atoms with Gasteiger partial charge in [-0.25, -0.2) is 8.42 Å². The van der Waals surface area contributed by atoms with E-state index >= 15 is 0 Å². The zero-order valence-electron chi connectivity index (χ0n) is 18.0. The molecule has 2 atom stereocenters. The molecule has 1 saturated carbocycles. The number of nitrogens with zero attached hydrogens (tertiary/aromatic N) is 1. The van der Waals surface area contributed by atoms with Gasteiger partial charge in [0.05, 0.1) is 32.6 Å². The average molecular weight is 459 g/mol. The Morgan fingerprint density at radius 3 is 2.12 bits per heavy atom. The van der Waals surface area contributed by atoms with Crippen LogP contribution in [-0.4, -0.2) is 39.4 Å². The van der Waals surface area contributed by atoms with Crippen molar-refractivity contribution >= 4 is 27.5 Å². The van der Waals surface area contributed by atoms with E-state index in [1.165, 1.54) is 31.3 Å². The Bertz CT molecular complexity index is 1110. The van der Waals surface area contributed by atoms with Gasteiger partial charge < -0.3 is 9.47 Å². The Morgan fingerprint density at radius 1 is 0.938 bits per heavy atom. The van der Waals surface area contributed by atoms with Crippen LogP contribution in [0.15, 0.2) is 47.4 Å². The van der Waals surface area contributed by atoms with Gasteiger partial charge in [-0.15, -0.1) is 0 Å². The van der Waals surface area contributed by atoms with Gasteiger partial charge in [0, 0.05) is 5.69 Å². The maximum atomic E-state index is 13.1. The highest BCUT2D eigenvalue weighted by molar-refractivity contribution is 7.92. The number of anilines is 1. The summed E-state index contributed by atoms with van der Waals surface area (Å²) >= 11 is 0. The molecule has 0 aromatic heterocycles. The summed E-state index contributed by atoms with van der Waals surface area (Å²) in [4.78, 5) is 26.8. The molecule has 0 spiro atoms. The van der Waals surface area contributed by atoms with Crippen molar-refractivity contribution in [2.75, 3.05) is 18.9 Å². The first-order chi connectivity index (χ1) is 15.3. The van der Waals surface area contributed by atoms with Gasteiger partial charge in [0.25, 0.3) is 10.0 Å². The van der Waals surface area contributed by atoms with Crippen LogP contribution in [-0.2, 0) is 26.2 Å². The lowest BCUT2D eigenvalue weighted by molar-refractivity contribution is -0.140. The van der Waals surface area contributed by atoms with E-state index in [-0.39, 0.29) is 40.8 Å². The lowest BCUT2D eigenvalue weighted by Crippen LogP contribution is -2.30. The molecule has 2 aromatic rings. The first kappa shape index (κ1) is 22.1. The summed E-state index contributed by atoms with van der Waals surface area (Å²) in [5.74, 6) is -0.0213. The molecule has 8 nitrogen and oxygen atoms in total. The minimum atomic E-state index is -3.98. The van der Waals surface area contributed by atoms with E-state index < -0.39 is 10.0 Å². The molecule has 1 N–H and O–H groups in total. The van der Waals surface area contributed by atoms with E-state index in [0.717, 1.165) is 25.7 Å². The van der Waals surface area contributed by atoms with Crippen molar-refractivity contribution in [2.45, 2.75) is 37.1 Å². The zero-order valence-corrected chi connectivity index (χ0v) is 18.9. The monoisotopic (exact) mass is 458 g/mol. The number of rotatable bonds is 7. The number of methoxy groups -OCH3 is 2. The molecule has 2 aromatic carbocycles. The fourth-order valence-electron chi connectivity index (χ4n) is 4.47. The van der Waals surface area contributed by atoms with Gasteiger partial charge in [0.2, 0.25) is 11.8 Å². The normalized spacial score (nSPS) is 20.8. The summed E-state index contributed by atoms with van der Waals surface area (Å²) in [7, 11) is -1.07. The predicted molar refractivity (Wildman–Crippen MR) is 118 cm³/mol. The van der Waals surface area contributed by atoms with Crippen LogP contribution in [0, 0.1) is 11.8 Å². The molecule has 32 heavy (non-hydrogen) atoms. The van der Waals surface area contributed by atoms with E-state index in [1.54, 1.807) is 30.3 Å². The van der Waals surface area contributed by atoms with Crippen LogP contribution in [0.5, 0.6) is 11.5 Å². The summed E-state index contributed by atoms with van der Waals surface area (Å²) in [5.41, 5.74) is 0.911. The Balaban J connectivity index is 1.59. The molecule has 1 aliphatic heterocycles. The van der Waals surface area contributed by atoms with Crippen LogP contribution in [0.4, 0.5) is 5.69 Å². The van der Waals surface area contributed by atoms with Crippen molar-refractivity contribution < 1.29 is 27.5 Å². The Kier molecular flexibility index (Phi) is 6.10. The standard InChI is InChI=1S/C23H26N2O6S/c1-30-17-10-8-16(9-11-17)24-32(28,29)21-13-15(7-12-20(21)31-2)14-25-22(26)18-5-3-4-6-19(18)23(25)27/h7-13,18-19,24H,3-6,14H2,1-2H3. The largest absolute Gasteiger partial charge is 0.497 e. The molecular weight excluding hydrogens is 432 g/mol. The number of ether oxygens (including phenoxy) is 2. The summed E-state index contributed by atoms with van der Waals surface area (Å²) in [6.07, 6.45) is 3.38. The number of hydrogen-bond acceptors (Lipinski definition) is 6. The number of nitrogens with one attached hydrogen (secondary N) is 1. The third-order valence-electron chi connectivity index (χ3n) is 6.13. The number of carbonyl (C=O) groups is 2. The van der Waals surface area contributed by atoms with Crippen LogP contribution in [0.3, 0.4) is 0 Å². The van der Waals surface area contributed by atoms with Crippen molar-refractivity contribution in [1.82, 2.24) is 4.90 Å². The maximum absolute atomic E-state index is 13.1. The predicted octanol–water partition coefficient (Wildman–Crippen LogP) is 3.18. The third-order valence-corrected chi connectivity index (χ3v) is 7.54. The molecule has 0 radical (unpaired) electrons. The van der Waals surface area contributed by atoms with E-state index in [0.29, 0.717) is 17.0 Å². The molecule has 2 unspecified atom stereocenters. The highest BCUT2D eigenvalue weighted by atomic mass is 32.2. The van der Waals surface area contributed by atoms with Gasteiger partial charge in [-0.05, 0) is 54.8 Å². The fraction of sp³-hybridized carbons (Fsp3) is 0.391. The smallest absolute Gasteiger partial charge is 0.265 e. The van der Waals surface area contributed by atoms with E-state index in [9.17, 15) is 18.0 Å². The quantitative estimate of drug-likeness (QED) is 0.640. The van der Waals surface area contributed by atoms with Crippen molar-refractivity contribution in [3.63, 3.8) is 0 Å².